The van der Waals surface area contributed by atoms with Gasteiger partial charge in [0.25, 0.3) is 0 Å². The van der Waals surface area contributed by atoms with Crippen LogP contribution in [0.5, 0.6) is 0 Å². The number of nitrogens with zero attached hydrogens (tertiary/aromatic N) is 1. The zero-order valence-corrected chi connectivity index (χ0v) is 26.7. The largest absolute Gasteiger partial charge is 0.465 e. The monoisotopic (exact) mass is 641 g/mol. The van der Waals surface area contributed by atoms with Gasteiger partial charge < -0.3 is 30.0 Å². The van der Waals surface area contributed by atoms with Gasteiger partial charge in [0.15, 0.2) is 6.29 Å². The number of aromatic nitrogens is 1. The van der Waals surface area contributed by atoms with Crippen LogP contribution in [0.1, 0.15) is 48.5 Å². The first-order valence-electron chi connectivity index (χ1n) is 15.3. The molecule has 10 heteroatoms. The van der Waals surface area contributed by atoms with Crippen LogP contribution in [0.2, 0.25) is 0 Å². The normalized spacial score (nSPS) is 19.3. The highest BCUT2D eigenvalue weighted by atomic mass is 32.2. The first kappa shape index (κ1) is 33.2. The number of hydrogen-bond donors (Lipinski definition) is 3. The molecule has 3 aromatic carbocycles. The summed E-state index contributed by atoms with van der Waals surface area (Å²) in [6.45, 7) is 4.26. The summed E-state index contributed by atoms with van der Waals surface area (Å²) < 4.78 is 18.0. The van der Waals surface area contributed by atoms with Gasteiger partial charge in [-0.3, -0.25) is 4.79 Å². The van der Waals surface area contributed by atoms with Crippen molar-refractivity contribution in [2.45, 2.75) is 50.5 Å². The highest BCUT2D eigenvalue weighted by Crippen LogP contribution is 2.43. The molecule has 1 fully saturated rings. The van der Waals surface area contributed by atoms with Gasteiger partial charge >= 0.3 is 12.0 Å². The van der Waals surface area contributed by atoms with Crippen molar-refractivity contribution in [3.05, 3.63) is 119 Å². The number of rotatable bonds is 12. The summed E-state index contributed by atoms with van der Waals surface area (Å²) >= 11 is 1.67. The fraction of sp³-hybridized carbons (Fsp3) is 0.306. The number of esters is 1. The number of ether oxygens (including phenoxy) is 3. The number of benzene rings is 3. The van der Waals surface area contributed by atoms with E-state index in [1.54, 1.807) is 24.9 Å². The van der Waals surface area contributed by atoms with E-state index in [1.165, 1.54) is 0 Å². The molecule has 0 bridgehead atoms. The number of thioether (sulfide) groups is 1. The molecular formula is C36H39N3O6S. The highest BCUT2D eigenvalue weighted by molar-refractivity contribution is 7.99. The number of aliphatic hydroxyl groups excluding tert-OH is 1. The second-order valence-corrected chi connectivity index (χ2v) is 12.0. The fourth-order valence-corrected chi connectivity index (χ4v) is 6.24. The first-order chi connectivity index (χ1) is 22.4. The van der Waals surface area contributed by atoms with Crippen molar-refractivity contribution < 1.29 is 28.9 Å². The molecule has 1 aliphatic rings. The molecule has 1 aliphatic heterocycles. The number of urea groups is 1. The van der Waals surface area contributed by atoms with Crippen molar-refractivity contribution in [1.29, 1.82) is 0 Å². The Hall–Kier alpha value is -4.22. The molecule has 0 spiro atoms. The van der Waals surface area contributed by atoms with Crippen LogP contribution in [-0.4, -0.2) is 47.1 Å². The standard InChI is InChI=1S/C36H39N3O6S/c1-3-43-33(41)21-39-36(42)38-20-26-7-6-8-30(19-26)27-14-16-29(17-15-27)35-44-31(23-46-32-9-4-5-18-37-32)24(2)34(45-35)28-12-10-25(22-40)11-13-28/h4-19,24,31,34-35,40H,3,20-23H2,1-2H3,(H2,38,39,42)/t24-,31+,34+,35+/m1/s1. The SMILES string of the molecule is CCOC(=O)CNC(=O)NCc1cccc(-c2ccc([C@H]3O[C@@H](CSc4ccccn4)[C@@H](C)[C@@H](c4ccc(CO)cc4)O3)cc2)c1. The molecule has 1 saturated heterocycles. The van der Waals surface area contributed by atoms with E-state index in [9.17, 15) is 14.7 Å². The number of amides is 2. The van der Waals surface area contributed by atoms with E-state index >= 15 is 0 Å². The molecule has 2 heterocycles. The smallest absolute Gasteiger partial charge is 0.325 e. The van der Waals surface area contributed by atoms with Crippen LogP contribution < -0.4 is 10.6 Å². The highest BCUT2D eigenvalue weighted by Gasteiger charge is 2.38. The molecule has 1 aromatic heterocycles. The van der Waals surface area contributed by atoms with Gasteiger partial charge in [0.1, 0.15) is 6.54 Å². The lowest BCUT2D eigenvalue weighted by Crippen LogP contribution is -2.38. The van der Waals surface area contributed by atoms with Gasteiger partial charge in [-0.05, 0) is 52.9 Å². The summed E-state index contributed by atoms with van der Waals surface area (Å²) in [5.74, 6) is 0.325. The number of carbonyl (C=O) groups excluding carboxylic acids is 2. The Bertz CT molecular complexity index is 1570. The van der Waals surface area contributed by atoms with Crippen LogP contribution in [0.25, 0.3) is 11.1 Å². The minimum absolute atomic E-state index is 0.00530. The average Bonchev–Trinajstić information content (AvgIpc) is 3.10. The van der Waals surface area contributed by atoms with E-state index in [0.717, 1.165) is 44.2 Å². The van der Waals surface area contributed by atoms with Gasteiger partial charge in [0.05, 0.1) is 30.4 Å². The molecule has 240 valence electrons. The minimum atomic E-state index is -0.564. The Morgan fingerprint density at radius 3 is 2.39 bits per heavy atom. The lowest BCUT2D eigenvalue weighted by Gasteiger charge is -2.41. The summed E-state index contributed by atoms with van der Waals surface area (Å²) in [5, 5.41) is 15.7. The van der Waals surface area contributed by atoms with Gasteiger partial charge in [0.2, 0.25) is 0 Å². The van der Waals surface area contributed by atoms with Crippen molar-refractivity contribution >= 4 is 23.8 Å². The Morgan fingerprint density at radius 2 is 1.67 bits per heavy atom. The minimum Gasteiger partial charge on any atom is -0.465 e. The van der Waals surface area contributed by atoms with Crippen LogP contribution in [0, 0.1) is 5.92 Å². The van der Waals surface area contributed by atoms with Crippen LogP contribution >= 0.6 is 11.8 Å². The van der Waals surface area contributed by atoms with Crippen LogP contribution in [0.15, 0.2) is 102 Å². The van der Waals surface area contributed by atoms with E-state index in [-0.39, 0.29) is 37.9 Å². The van der Waals surface area contributed by atoms with Crippen molar-refractivity contribution in [1.82, 2.24) is 15.6 Å². The van der Waals surface area contributed by atoms with Gasteiger partial charge in [-0.25, -0.2) is 9.78 Å². The fourth-order valence-electron chi connectivity index (χ4n) is 5.21. The molecule has 0 aliphatic carbocycles. The zero-order valence-electron chi connectivity index (χ0n) is 25.9. The Morgan fingerprint density at radius 1 is 0.891 bits per heavy atom. The maximum Gasteiger partial charge on any atom is 0.325 e. The lowest BCUT2D eigenvalue weighted by molar-refractivity contribution is -0.268. The predicted molar refractivity (Wildman–Crippen MR) is 177 cm³/mol. The molecule has 3 N–H and O–H groups in total. The molecular weight excluding hydrogens is 602 g/mol. The number of hydrogen-bond acceptors (Lipinski definition) is 8. The Kier molecular flexibility index (Phi) is 11.8. The van der Waals surface area contributed by atoms with Gasteiger partial charge in [-0.2, -0.15) is 0 Å². The summed E-state index contributed by atoms with van der Waals surface area (Å²) in [6, 6.07) is 29.4. The number of carbonyl (C=O) groups is 2. The third-order valence-electron chi connectivity index (χ3n) is 7.75. The van der Waals surface area contributed by atoms with Crippen LogP contribution in [0.4, 0.5) is 4.79 Å². The molecule has 0 unspecified atom stereocenters. The molecule has 0 radical (unpaired) electrons. The Labute approximate surface area is 273 Å². The first-order valence-corrected chi connectivity index (χ1v) is 16.3. The third kappa shape index (κ3) is 8.95. The van der Waals surface area contributed by atoms with Crippen LogP contribution in [0.3, 0.4) is 0 Å². The van der Waals surface area contributed by atoms with Gasteiger partial charge in [0, 0.05) is 30.0 Å². The molecule has 46 heavy (non-hydrogen) atoms. The second-order valence-electron chi connectivity index (χ2n) is 11.0. The van der Waals surface area contributed by atoms with Crippen molar-refractivity contribution in [3.63, 3.8) is 0 Å². The molecule has 4 aromatic rings. The molecule has 2 amide bonds. The average molecular weight is 642 g/mol. The maximum absolute atomic E-state index is 12.1. The number of pyridine rings is 1. The number of nitrogens with one attached hydrogen (secondary N) is 2. The van der Waals surface area contributed by atoms with Gasteiger partial charge in [-0.15, -0.1) is 11.8 Å². The van der Waals surface area contributed by atoms with E-state index in [0.29, 0.717) is 6.54 Å². The van der Waals surface area contributed by atoms with Crippen molar-refractivity contribution in [3.8, 4) is 11.1 Å². The van der Waals surface area contributed by atoms with Crippen molar-refractivity contribution in [2.24, 2.45) is 5.92 Å². The quantitative estimate of drug-likeness (QED) is 0.124. The van der Waals surface area contributed by atoms with Crippen LogP contribution in [-0.2, 0) is 32.2 Å². The molecule has 4 atom stereocenters. The van der Waals surface area contributed by atoms with Gasteiger partial charge in [-0.1, -0.05) is 79.7 Å². The summed E-state index contributed by atoms with van der Waals surface area (Å²) in [6.07, 6.45) is 0.945. The summed E-state index contributed by atoms with van der Waals surface area (Å²) in [7, 11) is 0. The second kappa shape index (κ2) is 16.4. The topological polar surface area (TPSA) is 119 Å². The van der Waals surface area contributed by atoms with Crippen molar-refractivity contribution in [2.75, 3.05) is 18.9 Å². The predicted octanol–water partition coefficient (Wildman–Crippen LogP) is 6.19. The van der Waals surface area contributed by atoms with E-state index < -0.39 is 18.3 Å². The van der Waals surface area contributed by atoms with E-state index in [4.69, 9.17) is 14.2 Å². The number of aliphatic hydroxyl groups is 1. The molecule has 5 rings (SSSR count). The zero-order chi connectivity index (χ0) is 32.3. The Balaban J connectivity index is 1.27. The lowest BCUT2D eigenvalue weighted by atomic mass is 9.91. The third-order valence-corrected chi connectivity index (χ3v) is 8.78. The summed E-state index contributed by atoms with van der Waals surface area (Å²) in [4.78, 5) is 28.0. The summed E-state index contributed by atoms with van der Waals surface area (Å²) in [5.41, 5.74) is 5.75. The maximum atomic E-state index is 12.1. The van der Waals surface area contributed by atoms with E-state index in [1.807, 2.05) is 91.0 Å². The molecule has 9 nitrogen and oxygen atoms in total. The molecule has 0 saturated carbocycles. The van der Waals surface area contributed by atoms with E-state index in [2.05, 4.69) is 22.5 Å².